The quantitative estimate of drug-likeness (QED) is 0.368. The predicted molar refractivity (Wildman–Crippen MR) is 101 cm³/mol. The molecule has 0 aliphatic carbocycles. The first-order valence-corrected chi connectivity index (χ1v) is 9.10. The van der Waals surface area contributed by atoms with Gasteiger partial charge in [0.15, 0.2) is 0 Å². The summed E-state index contributed by atoms with van der Waals surface area (Å²) < 4.78 is 4.48. The topological polar surface area (TPSA) is 157 Å². The zero-order valence-electron chi connectivity index (χ0n) is 16.0. The second-order valence-corrected chi connectivity index (χ2v) is 6.65. The van der Waals surface area contributed by atoms with E-state index in [0.29, 0.717) is 6.42 Å². The molecule has 1 aromatic rings. The second kappa shape index (κ2) is 10.2. The summed E-state index contributed by atoms with van der Waals surface area (Å²) in [5.74, 6) is -2.91. The number of hydrogen-bond donors (Lipinski definition) is 4. The normalized spacial score (nSPS) is 19.5. The molecule has 29 heavy (non-hydrogen) atoms. The lowest BCUT2D eigenvalue weighted by atomic mass is 10.0. The molecule has 0 radical (unpaired) electrons. The molecule has 1 aliphatic rings. The van der Waals surface area contributed by atoms with Crippen LogP contribution < -0.4 is 21.7 Å². The molecule has 1 fully saturated rings. The first-order valence-electron chi connectivity index (χ1n) is 9.10. The molecule has 5 N–H and O–H groups in total. The minimum atomic E-state index is -1.09. The molecule has 1 heterocycles. The molecule has 0 saturated carbocycles. The summed E-state index contributed by atoms with van der Waals surface area (Å²) in [6, 6.07) is 6.32. The fourth-order valence-electron chi connectivity index (χ4n) is 2.90. The number of amides is 4. The molecule has 4 amide bonds. The molecule has 0 unspecified atom stereocenters. The molecule has 1 aliphatic heterocycles. The lowest BCUT2D eigenvalue weighted by molar-refractivity contribution is -0.141. The van der Waals surface area contributed by atoms with Crippen LogP contribution in [-0.2, 0) is 35.1 Å². The van der Waals surface area contributed by atoms with Crippen molar-refractivity contribution in [3.05, 3.63) is 35.9 Å². The summed E-state index contributed by atoms with van der Waals surface area (Å²) in [4.78, 5) is 59.4. The summed E-state index contributed by atoms with van der Waals surface area (Å²) in [6.45, 7) is 0. The van der Waals surface area contributed by atoms with Crippen LogP contribution in [0.25, 0.3) is 0 Å². The molecule has 0 bridgehead atoms. The van der Waals surface area contributed by atoms with Crippen molar-refractivity contribution in [3.63, 3.8) is 0 Å². The van der Waals surface area contributed by atoms with E-state index in [0.717, 1.165) is 5.56 Å². The third-order valence-corrected chi connectivity index (χ3v) is 4.48. The summed E-state index contributed by atoms with van der Waals surface area (Å²) >= 11 is 0. The van der Waals surface area contributed by atoms with Gasteiger partial charge < -0.3 is 26.4 Å². The van der Waals surface area contributed by atoms with E-state index in [4.69, 9.17) is 5.73 Å². The van der Waals surface area contributed by atoms with E-state index < -0.39 is 47.7 Å². The van der Waals surface area contributed by atoms with Crippen LogP contribution in [0, 0.1) is 0 Å². The van der Waals surface area contributed by atoms with E-state index in [-0.39, 0.29) is 19.3 Å². The molecule has 1 aromatic carbocycles. The zero-order chi connectivity index (χ0) is 21.4. The largest absolute Gasteiger partial charge is 0.469 e. The number of methoxy groups -OCH3 is 1. The van der Waals surface area contributed by atoms with Crippen LogP contribution in [0.5, 0.6) is 0 Å². The number of primary amides is 1. The molecule has 10 heteroatoms. The first-order chi connectivity index (χ1) is 13.8. The van der Waals surface area contributed by atoms with Gasteiger partial charge in [-0.3, -0.25) is 24.0 Å². The summed E-state index contributed by atoms with van der Waals surface area (Å²) in [5.41, 5.74) is 6.12. The molecule has 10 nitrogen and oxygen atoms in total. The average molecular weight is 404 g/mol. The van der Waals surface area contributed by atoms with Crippen molar-refractivity contribution >= 4 is 29.6 Å². The molecular weight excluding hydrogens is 380 g/mol. The van der Waals surface area contributed by atoms with Crippen molar-refractivity contribution in [1.29, 1.82) is 0 Å². The van der Waals surface area contributed by atoms with Gasteiger partial charge >= 0.3 is 5.97 Å². The number of rotatable bonds is 9. The van der Waals surface area contributed by atoms with Crippen LogP contribution in [0.1, 0.15) is 24.8 Å². The van der Waals surface area contributed by atoms with Crippen LogP contribution in [-0.4, -0.2) is 54.8 Å². The van der Waals surface area contributed by atoms with Gasteiger partial charge in [0, 0.05) is 12.8 Å². The van der Waals surface area contributed by atoms with Gasteiger partial charge in [0.2, 0.25) is 23.6 Å². The van der Waals surface area contributed by atoms with E-state index in [1.807, 2.05) is 30.3 Å². The van der Waals surface area contributed by atoms with Crippen LogP contribution in [0.2, 0.25) is 0 Å². The number of benzene rings is 1. The van der Waals surface area contributed by atoms with Crippen LogP contribution in [0.3, 0.4) is 0 Å². The fourth-order valence-corrected chi connectivity index (χ4v) is 2.90. The molecule has 0 spiro atoms. The van der Waals surface area contributed by atoms with Gasteiger partial charge in [-0.15, -0.1) is 0 Å². The number of hydrogen-bond acceptors (Lipinski definition) is 6. The summed E-state index contributed by atoms with van der Waals surface area (Å²) in [7, 11) is 1.20. The third kappa shape index (κ3) is 6.59. The smallest absolute Gasteiger partial charge is 0.305 e. The number of nitrogens with two attached hydrogens (primary N) is 1. The number of esters is 1. The molecule has 156 valence electrons. The first kappa shape index (κ1) is 21.9. The van der Waals surface area contributed by atoms with Gasteiger partial charge in [0.05, 0.1) is 13.5 Å². The van der Waals surface area contributed by atoms with Gasteiger partial charge in [0.1, 0.15) is 18.1 Å². The highest BCUT2D eigenvalue weighted by Crippen LogP contribution is 2.09. The highest BCUT2D eigenvalue weighted by Gasteiger charge is 2.35. The van der Waals surface area contributed by atoms with E-state index in [9.17, 15) is 24.0 Å². The number of piperazine rings is 1. The Bertz CT molecular complexity index is 782. The second-order valence-electron chi connectivity index (χ2n) is 6.65. The Morgan fingerprint density at radius 2 is 1.72 bits per heavy atom. The minimum Gasteiger partial charge on any atom is -0.469 e. The molecule has 0 aromatic heterocycles. The van der Waals surface area contributed by atoms with Gasteiger partial charge in [-0.2, -0.15) is 0 Å². The minimum absolute atomic E-state index is 0.0316. The summed E-state index contributed by atoms with van der Waals surface area (Å²) in [5, 5.41) is 7.51. The van der Waals surface area contributed by atoms with Gasteiger partial charge in [0.25, 0.3) is 0 Å². The predicted octanol–water partition coefficient (Wildman–Crippen LogP) is -1.47. The van der Waals surface area contributed by atoms with Gasteiger partial charge in [-0.1, -0.05) is 30.3 Å². The third-order valence-electron chi connectivity index (χ3n) is 4.48. The zero-order valence-corrected chi connectivity index (χ0v) is 16.0. The Balaban J connectivity index is 1.88. The Kier molecular flexibility index (Phi) is 7.70. The average Bonchev–Trinajstić information content (AvgIpc) is 2.69. The van der Waals surface area contributed by atoms with Crippen LogP contribution >= 0.6 is 0 Å². The number of carbonyl (C=O) groups excluding carboxylic acids is 5. The van der Waals surface area contributed by atoms with Crippen molar-refractivity contribution in [2.45, 2.75) is 43.8 Å². The Morgan fingerprint density at radius 3 is 2.34 bits per heavy atom. The van der Waals surface area contributed by atoms with E-state index >= 15 is 0 Å². The molecular formula is C19H24N4O6. The maximum Gasteiger partial charge on any atom is 0.305 e. The molecule has 2 rings (SSSR count). The highest BCUT2D eigenvalue weighted by atomic mass is 16.5. The Hall–Kier alpha value is -3.43. The van der Waals surface area contributed by atoms with Crippen molar-refractivity contribution in [2.75, 3.05) is 7.11 Å². The van der Waals surface area contributed by atoms with Crippen molar-refractivity contribution < 1.29 is 28.7 Å². The van der Waals surface area contributed by atoms with Gasteiger partial charge in [-0.05, 0) is 12.0 Å². The standard InChI is InChI=1S/C19H24N4O6/c1-29-16(25)8-7-12(17(20)26)21-15(24)10-14-19(28)22-13(18(27)23-14)9-11-5-3-2-4-6-11/h2-6,12-14H,7-10H2,1H3,(H2,20,26)(H,21,24)(H,22,28)(H,23,27)/t12-,13+,14+/m1/s1. The highest BCUT2D eigenvalue weighted by molar-refractivity contribution is 5.99. The number of ether oxygens (including phenoxy) is 1. The molecule has 1 saturated heterocycles. The number of carbonyl (C=O) groups is 5. The van der Waals surface area contributed by atoms with Crippen molar-refractivity contribution in [1.82, 2.24) is 16.0 Å². The van der Waals surface area contributed by atoms with Crippen molar-refractivity contribution in [2.24, 2.45) is 5.73 Å². The fraction of sp³-hybridized carbons (Fsp3) is 0.421. The van der Waals surface area contributed by atoms with E-state index in [2.05, 4.69) is 20.7 Å². The van der Waals surface area contributed by atoms with Gasteiger partial charge in [-0.25, -0.2) is 0 Å². The number of nitrogens with one attached hydrogen (secondary N) is 3. The van der Waals surface area contributed by atoms with Crippen LogP contribution in [0.15, 0.2) is 30.3 Å². The lowest BCUT2D eigenvalue weighted by Gasteiger charge is -2.29. The monoisotopic (exact) mass is 404 g/mol. The maximum absolute atomic E-state index is 12.3. The lowest BCUT2D eigenvalue weighted by Crippen LogP contribution is -2.63. The SMILES string of the molecule is COC(=O)CC[C@@H](NC(=O)C[C@@H]1NC(=O)[C@H](Cc2ccccc2)NC1=O)C(N)=O. The maximum atomic E-state index is 12.3. The summed E-state index contributed by atoms with van der Waals surface area (Å²) in [6.07, 6.45) is -0.172. The van der Waals surface area contributed by atoms with Crippen LogP contribution in [0.4, 0.5) is 0 Å². The van der Waals surface area contributed by atoms with E-state index in [1.165, 1.54) is 7.11 Å². The Labute approximate surface area is 167 Å². The molecule has 3 atom stereocenters. The Morgan fingerprint density at radius 1 is 1.10 bits per heavy atom. The van der Waals surface area contributed by atoms with Crippen molar-refractivity contribution in [3.8, 4) is 0 Å². The van der Waals surface area contributed by atoms with E-state index in [1.54, 1.807) is 0 Å².